The first-order valence-electron chi connectivity index (χ1n) is 14.1. The molecule has 3 fully saturated rings. The highest BCUT2D eigenvalue weighted by Crippen LogP contribution is 2.59. The molecule has 1 aliphatic carbocycles. The Morgan fingerprint density at radius 2 is 1.79 bits per heavy atom. The quantitative estimate of drug-likeness (QED) is 0.460. The fourth-order valence-corrected chi connectivity index (χ4v) is 6.00. The number of alkyl halides is 3. The van der Waals surface area contributed by atoms with E-state index in [-0.39, 0.29) is 37.8 Å². The number of pyridine rings is 1. The van der Waals surface area contributed by atoms with Gasteiger partial charge < -0.3 is 19.9 Å². The number of carbonyl (C=O) groups excluding carboxylic acids is 3. The van der Waals surface area contributed by atoms with E-state index in [1.54, 1.807) is 54.3 Å². The Hall–Kier alpha value is -4.00. The smallest absolute Gasteiger partial charge is 0.356 e. The Morgan fingerprint density at radius 1 is 1.02 bits per heavy atom. The van der Waals surface area contributed by atoms with Gasteiger partial charge in [0.1, 0.15) is 5.41 Å². The lowest BCUT2D eigenvalue weighted by Gasteiger charge is -2.46. The van der Waals surface area contributed by atoms with Crippen molar-refractivity contribution in [3.8, 4) is 0 Å². The fraction of sp³-hybridized carbons (Fsp3) is 0.483. The number of piperazine rings is 1. The summed E-state index contributed by atoms with van der Waals surface area (Å²) in [6.07, 6.45) is 1.87. The van der Waals surface area contributed by atoms with Crippen LogP contribution in [0.3, 0.4) is 0 Å². The molecule has 2 aromatic heterocycles. The van der Waals surface area contributed by atoms with Gasteiger partial charge >= 0.3 is 18.0 Å². The van der Waals surface area contributed by atoms with Crippen LogP contribution in [0.4, 0.5) is 18.9 Å². The van der Waals surface area contributed by atoms with Gasteiger partial charge in [-0.1, -0.05) is 30.3 Å². The highest BCUT2D eigenvalue weighted by molar-refractivity contribution is 6.40. The topological polar surface area (TPSA) is 110 Å². The van der Waals surface area contributed by atoms with E-state index < -0.39 is 41.4 Å². The van der Waals surface area contributed by atoms with Gasteiger partial charge in [0.05, 0.1) is 29.6 Å². The minimum atomic E-state index is -4.65. The standard InChI is InChI=1S/C29H31F3N6O4/c1-18-16-37(22(19-7-3-2-4-8-19)17-36(18)27(41)28(10-11-28)29(30,31)32)26(40)25(39)35-21-15-33-13-20-14-34-38(24(20)21)23-9-5-6-12-42-23/h2-4,7-8,13-15,18,22-23H,5-6,9-12,16-17H2,1H3,(H,35,39)/t18-,22-,23?/m1/s1. The minimum Gasteiger partial charge on any atom is -0.356 e. The number of nitrogens with zero attached hydrogens (tertiary/aromatic N) is 5. The molecule has 0 radical (unpaired) electrons. The average molecular weight is 585 g/mol. The Kier molecular flexibility index (Phi) is 7.16. The number of aromatic nitrogens is 3. The van der Waals surface area contributed by atoms with E-state index in [9.17, 15) is 27.6 Å². The van der Waals surface area contributed by atoms with Crippen molar-refractivity contribution in [2.24, 2.45) is 5.41 Å². The Labute approximate surface area is 239 Å². The Morgan fingerprint density at radius 3 is 2.45 bits per heavy atom. The third kappa shape index (κ3) is 4.89. The normalized spacial score (nSPS) is 24.0. The maximum Gasteiger partial charge on any atom is 0.403 e. The second-order valence-electron chi connectivity index (χ2n) is 11.3. The molecular weight excluding hydrogens is 553 g/mol. The van der Waals surface area contributed by atoms with Crippen LogP contribution in [0.1, 0.15) is 56.9 Å². The molecule has 6 rings (SSSR count). The van der Waals surface area contributed by atoms with E-state index in [2.05, 4.69) is 15.4 Å². The molecule has 3 aromatic rings. The summed E-state index contributed by atoms with van der Waals surface area (Å²) >= 11 is 0. The van der Waals surface area contributed by atoms with Crippen LogP contribution in [0.5, 0.6) is 0 Å². The van der Waals surface area contributed by atoms with Gasteiger partial charge in [0, 0.05) is 37.3 Å². The number of anilines is 1. The van der Waals surface area contributed by atoms with Crippen LogP contribution in [0.25, 0.3) is 10.9 Å². The molecular formula is C29H31F3N6O4. The molecule has 4 heterocycles. The molecule has 13 heteroatoms. The van der Waals surface area contributed by atoms with Crippen LogP contribution in [-0.2, 0) is 19.1 Å². The van der Waals surface area contributed by atoms with Crippen molar-refractivity contribution >= 4 is 34.3 Å². The summed E-state index contributed by atoms with van der Waals surface area (Å²) in [6.45, 7) is 1.91. The maximum atomic E-state index is 13.8. The lowest BCUT2D eigenvalue weighted by atomic mass is 9.96. The third-order valence-electron chi connectivity index (χ3n) is 8.51. The average Bonchev–Trinajstić information content (AvgIpc) is 3.71. The molecule has 2 saturated heterocycles. The lowest BCUT2D eigenvalue weighted by Crippen LogP contribution is -2.60. The summed E-state index contributed by atoms with van der Waals surface area (Å²) < 4.78 is 49.0. The molecule has 3 aliphatic rings. The van der Waals surface area contributed by atoms with Crippen molar-refractivity contribution in [2.45, 2.75) is 63.5 Å². The molecule has 42 heavy (non-hydrogen) atoms. The first kappa shape index (κ1) is 28.1. The Bertz CT molecular complexity index is 1500. The predicted octanol–water partition coefficient (Wildman–Crippen LogP) is 4.21. The summed E-state index contributed by atoms with van der Waals surface area (Å²) in [5, 5.41) is 7.78. The van der Waals surface area contributed by atoms with Crippen LogP contribution in [-0.4, -0.2) is 74.2 Å². The number of hydrogen-bond donors (Lipinski definition) is 1. The zero-order valence-corrected chi connectivity index (χ0v) is 23.0. The van der Waals surface area contributed by atoms with E-state index >= 15 is 0 Å². The molecule has 2 aliphatic heterocycles. The largest absolute Gasteiger partial charge is 0.403 e. The van der Waals surface area contributed by atoms with Gasteiger partial charge in [0.25, 0.3) is 0 Å². The number of benzene rings is 1. The number of carbonyl (C=O) groups is 3. The van der Waals surface area contributed by atoms with Crippen LogP contribution >= 0.6 is 0 Å². The Balaban J connectivity index is 1.27. The number of halogens is 3. The van der Waals surface area contributed by atoms with Crippen molar-refractivity contribution in [2.75, 3.05) is 25.0 Å². The van der Waals surface area contributed by atoms with Crippen molar-refractivity contribution in [3.05, 3.63) is 54.5 Å². The van der Waals surface area contributed by atoms with Gasteiger partial charge in [-0.05, 0) is 44.6 Å². The molecule has 1 saturated carbocycles. The van der Waals surface area contributed by atoms with Crippen LogP contribution in [0.15, 0.2) is 48.9 Å². The number of fused-ring (bicyclic) bond motifs is 1. The first-order valence-corrected chi connectivity index (χ1v) is 14.1. The lowest BCUT2D eigenvalue weighted by molar-refractivity contribution is -0.201. The van der Waals surface area contributed by atoms with E-state index in [0.717, 1.165) is 19.3 Å². The molecule has 3 atom stereocenters. The number of nitrogens with one attached hydrogen (secondary N) is 1. The zero-order chi connectivity index (χ0) is 29.6. The number of hydrogen-bond acceptors (Lipinski definition) is 6. The maximum absolute atomic E-state index is 13.8. The predicted molar refractivity (Wildman–Crippen MR) is 145 cm³/mol. The molecule has 222 valence electrons. The van der Waals surface area contributed by atoms with E-state index in [0.29, 0.717) is 23.1 Å². The van der Waals surface area contributed by atoms with Crippen molar-refractivity contribution in [1.82, 2.24) is 24.6 Å². The fourth-order valence-electron chi connectivity index (χ4n) is 6.00. The minimum absolute atomic E-state index is 0.109. The van der Waals surface area contributed by atoms with Gasteiger partial charge in [-0.3, -0.25) is 19.4 Å². The summed E-state index contributed by atoms with van der Waals surface area (Å²) in [5.74, 6) is -2.77. The summed E-state index contributed by atoms with van der Waals surface area (Å²) in [7, 11) is 0. The van der Waals surface area contributed by atoms with Crippen LogP contribution < -0.4 is 5.32 Å². The monoisotopic (exact) mass is 584 g/mol. The van der Waals surface area contributed by atoms with Gasteiger partial charge in [0.2, 0.25) is 5.91 Å². The molecule has 1 N–H and O–H groups in total. The highest BCUT2D eigenvalue weighted by atomic mass is 19.4. The van der Waals surface area contributed by atoms with Gasteiger partial charge in [-0.2, -0.15) is 18.3 Å². The number of ether oxygens (including phenoxy) is 1. The molecule has 3 amide bonds. The number of amides is 3. The van der Waals surface area contributed by atoms with Gasteiger partial charge in [0.15, 0.2) is 6.23 Å². The second kappa shape index (κ2) is 10.7. The van der Waals surface area contributed by atoms with E-state index in [1.165, 1.54) is 16.0 Å². The molecule has 1 unspecified atom stereocenters. The SMILES string of the molecule is C[C@@H]1CN(C(=O)C(=O)Nc2cncc3cnn(C4CCCCO4)c23)[C@@H](c2ccccc2)CN1C(=O)C1(C(F)(F)F)CC1. The van der Waals surface area contributed by atoms with E-state index in [4.69, 9.17) is 4.74 Å². The first-order chi connectivity index (χ1) is 20.1. The van der Waals surface area contributed by atoms with Crippen molar-refractivity contribution in [1.29, 1.82) is 0 Å². The van der Waals surface area contributed by atoms with Gasteiger partial charge in [-0.25, -0.2) is 4.68 Å². The molecule has 1 aromatic carbocycles. The summed E-state index contributed by atoms with van der Waals surface area (Å²) in [5.41, 5.74) is -0.903. The summed E-state index contributed by atoms with van der Waals surface area (Å²) in [4.78, 5) is 47.1. The highest BCUT2D eigenvalue weighted by Gasteiger charge is 2.70. The van der Waals surface area contributed by atoms with E-state index in [1.807, 2.05) is 0 Å². The molecule has 0 bridgehead atoms. The summed E-state index contributed by atoms with van der Waals surface area (Å²) in [6, 6.07) is 7.15. The number of rotatable bonds is 4. The zero-order valence-electron chi connectivity index (χ0n) is 23.0. The van der Waals surface area contributed by atoms with Crippen molar-refractivity contribution in [3.63, 3.8) is 0 Å². The van der Waals surface area contributed by atoms with Crippen molar-refractivity contribution < 1.29 is 32.3 Å². The molecule has 0 spiro atoms. The molecule has 10 nitrogen and oxygen atoms in total. The third-order valence-corrected chi connectivity index (χ3v) is 8.51. The second-order valence-corrected chi connectivity index (χ2v) is 11.3. The van der Waals surface area contributed by atoms with Gasteiger partial charge in [-0.15, -0.1) is 0 Å². The van der Waals surface area contributed by atoms with Crippen LogP contribution in [0, 0.1) is 5.41 Å². The van der Waals surface area contributed by atoms with Crippen LogP contribution in [0.2, 0.25) is 0 Å².